The zero-order valence-electron chi connectivity index (χ0n) is 31.1. The molecule has 3 aliphatic rings. The van der Waals surface area contributed by atoms with E-state index < -0.39 is 0 Å². The van der Waals surface area contributed by atoms with E-state index in [-0.39, 0.29) is 24.1 Å². The zero-order chi connectivity index (χ0) is 36.6. The predicted octanol–water partition coefficient (Wildman–Crippen LogP) is 11.7. The van der Waals surface area contributed by atoms with Gasteiger partial charge in [0, 0.05) is 40.2 Å². The third kappa shape index (κ3) is 5.61. The highest BCUT2D eigenvalue weighted by Crippen LogP contribution is 2.55. The smallest absolute Gasteiger partial charge is 0.229 e. The minimum absolute atomic E-state index is 0.0917. The average Bonchev–Trinajstić information content (AvgIpc) is 3.22. The van der Waals surface area contributed by atoms with Crippen molar-refractivity contribution in [2.75, 3.05) is 14.7 Å². The number of nitrogens with zero attached hydrogens (tertiary/aromatic N) is 3. The first kappa shape index (κ1) is 33.6. The van der Waals surface area contributed by atoms with Gasteiger partial charge in [0.2, 0.25) is 6.71 Å². The van der Waals surface area contributed by atoms with E-state index in [0.29, 0.717) is 0 Å². The topological polar surface area (TPSA) is 9.72 Å². The van der Waals surface area contributed by atoms with Crippen molar-refractivity contribution < 1.29 is 0 Å². The number of rotatable bonds is 8. The quantitative estimate of drug-likeness (QED) is 0.116. The lowest BCUT2D eigenvalue weighted by atomic mass is 9.23. The van der Waals surface area contributed by atoms with Gasteiger partial charge >= 0.3 is 0 Å². The molecule has 0 fully saturated rings. The Morgan fingerprint density at radius 1 is 0.667 bits per heavy atom. The molecule has 2 aliphatic heterocycles. The Kier molecular flexibility index (Phi) is 8.67. The lowest BCUT2D eigenvalue weighted by Gasteiger charge is -2.57. The zero-order valence-corrected chi connectivity index (χ0v) is 31.1. The van der Waals surface area contributed by atoms with E-state index in [2.05, 4.69) is 236 Å². The van der Waals surface area contributed by atoms with Crippen molar-refractivity contribution in [2.45, 2.75) is 38.2 Å². The molecule has 0 aromatic heterocycles. The largest absolute Gasteiger partial charge is 0.359 e. The third-order valence-corrected chi connectivity index (χ3v) is 11.4. The molecule has 6 aromatic rings. The van der Waals surface area contributed by atoms with Gasteiger partial charge in [-0.05, 0) is 95.8 Å². The van der Waals surface area contributed by atoms with Crippen LogP contribution in [-0.4, -0.2) is 18.8 Å². The lowest BCUT2D eigenvalue weighted by Crippen LogP contribution is -2.67. The standard InChI is InChI=1S/C50H44BN3/c1-4-5-10-21-37(2)52-46-34-43(53(40-24-13-7-14-25-40)41-26-15-8-16-27-41)35-47-49(46)51(44-30-19-20-31-45(44)54(47)42-28-17-9-18-29-42)50(3)36-39(32-33-48(50)52)38-22-11-6-12-23-38/h4-37,48H,1-3H3/b5-4-,21-10-. The van der Waals surface area contributed by atoms with Gasteiger partial charge < -0.3 is 14.7 Å². The molecule has 3 nitrogen and oxygen atoms in total. The Labute approximate surface area is 320 Å². The van der Waals surface area contributed by atoms with E-state index in [1.54, 1.807) is 0 Å². The van der Waals surface area contributed by atoms with Gasteiger partial charge in [-0.2, -0.15) is 0 Å². The Morgan fingerprint density at radius 3 is 1.93 bits per heavy atom. The van der Waals surface area contributed by atoms with Gasteiger partial charge in [-0.15, -0.1) is 0 Å². The molecule has 0 radical (unpaired) electrons. The maximum Gasteiger partial charge on any atom is 0.229 e. The van der Waals surface area contributed by atoms with Crippen molar-refractivity contribution in [3.8, 4) is 0 Å². The van der Waals surface area contributed by atoms with Crippen LogP contribution in [0.2, 0.25) is 5.31 Å². The van der Waals surface area contributed by atoms with Crippen LogP contribution in [0.25, 0.3) is 5.57 Å². The number of anilines is 7. The van der Waals surface area contributed by atoms with Gasteiger partial charge in [0.25, 0.3) is 0 Å². The summed E-state index contributed by atoms with van der Waals surface area (Å²) in [6.45, 7) is 7.03. The van der Waals surface area contributed by atoms with Crippen LogP contribution in [0.3, 0.4) is 0 Å². The molecule has 4 heteroatoms. The second kappa shape index (κ2) is 13.9. The SMILES string of the molecule is C/C=C\C=C/C(C)N1c2cc(N(c3ccccc3)c3ccccc3)cc3c2B(c2ccccc2N3c2ccccc2)C2(C)C=C(c3ccccc3)C=CC12. The van der Waals surface area contributed by atoms with Gasteiger partial charge in [-0.1, -0.05) is 153 Å². The van der Waals surface area contributed by atoms with Gasteiger partial charge in [0.05, 0.1) is 11.7 Å². The van der Waals surface area contributed by atoms with Crippen LogP contribution in [-0.2, 0) is 0 Å². The number of fused-ring (bicyclic) bond motifs is 4. The van der Waals surface area contributed by atoms with Crippen LogP contribution in [0.15, 0.2) is 200 Å². The molecule has 3 unspecified atom stereocenters. The van der Waals surface area contributed by atoms with Crippen molar-refractivity contribution in [1.29, 1.82) is 0 Å². The third-order valence-electron chi connectivity index (χ3n) is 11.4. The number of hydrogen-bond donors (Lipinski definition) is 0. The molecule has 0 bridgehead atoms. The maximum atomic E-state index is 2.69. The summed E-state index contributed by atoms with van der Waals surface area (Å²) in [5, 5.41) is -0.274. The highest BCUT2D eigenvalue weighted by molar-refractivity contribution is 6.92. The van der Waals surface area contributed by atoms with Gasteiger partial charge in [0.15, 0.2) is 0 Å². The van der Waals surface area contributed by atoms with Gasteiger partial charge in [-0.25, -0.2) is 0 Å². The summed E-state index contributed by atoms with van der Waals surface area (Å²) in [5.74, 6) is 0. The van der Waals surface area contributed by atoms with Crippen LogP contribution >= 0.6 is 0 Å². The summed E-state index contributed by atoms with van der Waals surface area (Å²) in [7, 11) is 0. The van der Waals surface area contributed by atoms with Crippen LogP contribution in [0.4, 0.5) is 39.8 Å². The summed E-state index contributed by atoms with van der Waals surface area (Å²) < 4.78 is 0. The summed E-state index contributed by atoms with van der Waals surface area (Å²) in [6, 6.07) is 57.5. The van der Waals surface area contributed by atoms with Crippen molar-refractivity contribution in [2.24, 2.45) is 0 Å². The molecule has 0 amide bonds. The second-order valence-electron chi connectivity index (χ2n) is 14.8. The average molecular weight is 698 g/mol. The number of para-hydroxylation sites is 4. The molecule has 2 heterocycles. The minimum atomic E-state index is -0.274. The van der Waals surface area contributed by atoms with E-state index >= 15 is 0 Å². The van der Waals surface area contributed by atoms with E-state index in [0.717, 1.165) is 22.7 Å². The van der Waals surface area contributed by atoms with Crippen molar-refractivity contribution in [3.63, 3.8) is 0 Å². The normalized spacial score (nSPS) is 19.0. The fourth-order valence-corrected chi connectivity index (χ4v) is 9.13. The molecule has 9 rings (SSSR count). The maximum absolute atomic E-state index is 2.69. The summed E-state index contributed by atoms with van der Waals surface area (Å²) in [4.78, 5) is 7.61. The predicted molar refractivity (Wildman–Crippen MR) is 232 cm³/mol. The fraction of sp³-hybridized carbons (Fsp3) is 0.120. The Hall–Kier alpha value is -6.26. The van der Waals surface area contributed by atoms with E-state index in [1.165, 1.54) is 39.1 Å². The molecule has 1 aliphatic carbocycles. The molecule has 262 valence electrons. The number of hydrogen-bond acceptors (Lipinski definition) is 3. The summed E-state index contributed by atoms with van der Waals surface area (Å²) in [5.41, 5.74) is 13.5. The molecular formula is C50H44BN3. The number of allylic oxidation sites excluding steroid dienone is 5. The van der Waals surface area contributed by atoms with Crippen molar-refractivity contribution in [3.05, 3.63) is 206 Å². The van der Waals surface area contributed by atoms with Gasteiger partial charge in [0.1, 0.15) is 0 Å². The highest BCUT2D eigenvalue weighted by atomic mass is 15.2. The van der Waals surface area contributed by atoms with Crippen LogP contribution in [0.5, 0.6) is 0 Å². The lowest BCUT2D eigenvalue weighted by molar-refractivity contribution is 0.545. The first-order valence-corrected chi connectivity index (χ1v) is 19.1. The fourth-order valence-electron chi connectivity index (χ4n) is 9.13. The highest BCUT2D eigenvalue weighted by Gasteiger charge is 2.56. The molecule has 6 aromatic carbocycles. The summed E-state index contributed by atoms with van der Waals surface area (Å²) in [6.07, 6.45) is 16.2. The van der Waals surface area contributed by atoms with E-state index in [4.69, 9.17) is 0 Å². The molecule has 0 saturated carbocycles. The van der Waals surface area contributed by atoms with Crippen molar-refractivity contribution in [1.82, 2.24) is 0 Å². The first-order valence-electron chi connectivity index (χ1n) is 19.1. The number of benzene rings is 6. The molecular weight excluding hydrogens is 653 g/mol. The molecule has 0 spiro atoms. The second-order valence-corrected chi connectivity index (χ2v) is 14.8. The Morgan fingerprint density at radius 2 is 1.26 bits per heavy atom. The van der Waals surface area contributed by atoms with E-state index in [1.807, 2.05) is 0 Å². The van der Waals surface area contributed by atoms with Crippen LogP contribution in [0, 0.1) is 0 Å². The van der Waals surface area contributed by atoms with Crippen LogP contribution < -0.4 is 25.6 Å². The first-order chi connectivity index (χ1) is 26.6. The minimum Gasteiger partial charge on any atom is -0.359 e. The van der Waals surface area contributed by atoms with Crippen molar-refractivity contribution >= 4 is 63.0 Å². The Bertz CT molecular complexity index is 2360. The Balaban J connectivity index is 1.38. The van der Waals surface area contributed by atoms with Gasteiger partial charge in [-0.3, -0.25) is 0 Å². The van der Waals surface area contributed by atoms with E-state index in [9.17, 15) is 0 Å². The monoisotopic (exact) mass is 697 g/mol. The molecule has 3 atom stereocenters. The molecule has 0 N–H and O–H groups in total. The molecule has 0 saturated heterocycles. The van der Waals surface area contributed by atoms with Crippen LogP contribution in [0.1, 0.15) is 26.3 Å². The molecule has 54 heavy (non-hydrogen) atoms. The summed E-state index contributed by atoms with van der Waals surface area (Å²) >= 11 is 0.